The van der Waals surface area contributed by atoms with Crippen LogP contribution in [0.15, 0.2) is 0 Å². The number of esters is 1. The fourth-order valence-corrected chi connectivity index (χ4v) is 1.99. The van der Waals surface area contributed by atoms with Crippen molar-refractivity contribution in [2.75, 3.05) is 7.11 Å². The molecule has 1 aliphatic carbocycles. The molecule has 1 rings (SSSR count). The maximum absolute atomic E-state index is 11.2. The molecule has 2 unspecified atom stereocenters. The Bertz CT molecular complexity index is 150. The first-order chi connectivity index (χ1) is 5.16. The molecule has 2 nitrogen and oxygen atoms in total. The summed E-state index contributed by atoms with van der Waals surface area (Å²) in [7, 11) is 1.45. The van der Waals surface area contributed by atoms with Gasteiger partial charge in [-0.25, -0.2) is 0 Å². The van der Waals surface area contributed by atoms with E-state index in [-0.39, 0.29) is 16.7 Å². The van der Waals surface area contributed by atoms with Crippen LogP contribution >= 0.6 is 15.9 Å². The summed E-state index contributed by atoms with van der Waals surface area (Å²) in [5, 5.41) is 0. The van der Waals surface area contributed by atoms with Gasteiger partial charge >= 0.3 is 5.97 Å². The van der Waals surface area contributed by atoms with Crippen molar-refractivity contribution in [2.45, 2.75) is 24.6 Å². The molecule has 1 aliphatic rings. The maximum Gasteiger partial charge on any atom is 0.310 e. The molecule has 0 amide bonds. The van der Waals surface area contributed by atoms with Crippen LogP contribution in [0.5, 0.6) is 0 Å². The van der Waals surface area contributed by atoms with Crippen molar-refractivity contribution < 1.29 is 9.53 Å². The highest BCUT2D eigenvalue weighted by Gasteiger charge is 2.39. The summed E-state index contributed by atoms with van der Waals surface area (Å²) in [5.41, 5.74) is 0. The fraction of sp³-hybridized carbons (Fsp3) is 0.875. The smallest absolute Gasteiger partial charge is 0.310 e. The average molecular weight is 221 g/mol. The van der Waals surface area contributed by atoms with Crippen molar-refractivity contribution in [3.05, 3.63) is 0 Å². The standard InChI is InChI=1S/C8H13BrO2/c1-5(9)7(6-3-4-6)8(10)11-2/h5-7H,3-4H2,1-2H3. The number of methoxy groups -OCH3 is 1. The Hall–Kier alpha value is -0.0500. The van der Waals surface area contributed by atoms with Crippen molar-refractivity contribution in [3.63, 3.8) is 0 Å². The number of carbonyl (C=O) groups excluding carboxylic acids is 1. The summed E-state index contributed by atoms with van der Waals surface area (Å²) in [6.07, 6.45) is 2.35. The zero-order valence-electron chi connectivity index (χ0n) is 6.84. The molecule has 0 aromatic heterocycles. The SMILES string of the molecule is COC(=O)C(C(C)Br)C1CC1. The van der Waals surface area contributed by atoms with E-state index in [1.54, 1.807) is 0 Å². The molecular formula is C8H13BrO2. The Labute approximate surface area is 75.4 Å². The lowest BCUT2D eigenvalue weighted by Crippen LogP contribution is -2.25. The van der Waals surface area contributed by atoms with Gasteiger partial charge < -0.3 is 4.74 Å². The molecule has 3 heteroatoms. The lowest BCUT2D eigenvalue weighted by molar-refractivity contribution is -0.146. The normalized spacial score (nSPS) is 22.5. The third-order valence-corrected chi connectivity index (χ3v) is 2.67. The Morgan fingerprint density at radius 1 is 1.64 bits per heavy atom. The van der Waals surface area contributed by atoms with Crippen molar-refractivity contribution in [1.82, 2.24) is 0 Å². The molecule has 2 atom stereocenters. The summed E-state index contributed by atoms with van der Waals surface area (Å²) in [5.74, 6) is 0.564. The Morgan fingerprint density at radius 3 is 2.45 bits per heavy atom. The second-order valence-electron chi connectivity index (χ2n) is 3.06. The van der Waals surface area contributed by atoms with E-state index >= 15 is 0 Å². The van der Waals surface area contributed by atoms with Crippen molar-refractivity contribution >= 4 is 21.9 Å². The number of alkyl halides is 1. The fourth-order valence-electron chi connectivity index (χ4n) is 1.35. The summed E-state index contributed by atoms with van der Waals surface area (Å²) in [4.78, 5) is 11.4. The molecule has 0 heterocycles. The van der Waals surface area contributed by atoms with Crippen LogP contribution in [0.3, 0.4) is 0 Å². The van der Waals surface area contributed by atoms with Gasteiger partial charge in [-0.3, -0.25) is 4.79 Å². The van der Waals surface area contributed by atoms with Gasteiger partial charge in [-0.15, -0.1) is 0 Å². The van der Waals surface area contributed by atoms with Crippen molar-refractivity contribution in [1.29, 1.82) is 0 Å². The first kappa shape index (κ1) is 9.04. The molecule has 1 saturated carbocycles. The van der Waals surface area contributed by atoms with E-state index < -0.39 is 0 Å². The van der Waals surface area contributed by atoms with Crippen LogP contribution in [0.2, 0.25) is 0 Å². The largest absolute Gasteiger partial charge is 0.469 e. The van der Waals surface area contributed by atoms with Gasteiger partial charge in [0.05, 0.1) is 13.0 Å². The molecule has 0 N–H and O–H groups in total. The summed E-state index contributed by atoms with van der Waals surface area (Å²) in [6, 6.07) is 0. The summed E-state index contributed by atoms with van der Waals surface area (Å²) < 4.78 is 4.71. The van der Waals surface area contributed by atoms with Crippen LogP contribution in [0.1, 0.15) is 19.8 Å². The maximum atomic E-state index is 11.2. The number of carbonyl (C=O) groups is 1. The second kappa shape index (κ2) is 3.57. The molecule has 0 saturated heterocycles. The summed E-state index contributed by atoms with van der Waals surface area (Å²) >= 11 is 3.42. The van der Waals surface area contributed by atoms with E-state index in [9.17, 15) is 4.79 Å². The molecule has 0 aliphatic heterocycles. The summed E-state index contributed by atoms with van der Waals surface area (Å²) in [6.45, 7) is 2.00. The number of hydrogen-bond acceptors (Lipinski definition) is 2. The molecule has 11 heavy (non-hydrogen) atoms. The van der Waals surface area contributed by atoms with Gasteiger partial charge in [0.15, 0.2) is 0 Å². The van der Waals surface area contributed by atoms with Crippen LogP contribution in [0.25, 0.3) is 0 Å². The minimum atomic E-state index is -0.0723. The zero-order valence-corrected chi connectivity index (χ0v) is 8.43. The highest BCUT2D eigenvalue weighted by molar-refractivity contribution is 9.09. The van der Waals surface area contributed by atoms with Gasteiger partial charge in [0, 0.05) is 4.83 Å². The topological polar surface area (TPSA) is 26.3 Å². The van der Waals surface area contributed by atoms with Crippen LogP contribution in [-0.2, 0) is 9.53 Å². The van der Waals surface area contributed by atoms with Crippen LogP contribution in [0.4, 0.5) is 0 Å². The highest BCUT2D eigenvalue weighted by Crippen LogP contribution is 2.40. The minimum absolute atomic E-state index is 0.0694. The lowest BCUT2D eigenvalue weighted by Gasteiger charge is -2.15. The van der Waals surface area contributed by atoms with Crippen LogP contribution in [-0.4, -0.2) is 17.9 Å². The van der Waals surface area contributed by atoms with E-state index in [4.69, 9.17) is 4.74 Å². The van der Waals surface area contributed by atoms with E-state index in [0.717, 1.165) is 0 Å². The molecule has 0 aromatic carbocycles. The van der Waals surface area contributed by atoms with Crippen LogP contribution in [0, 0.1) is 11.8 Å². The van der Waals surface area contributed by atoms with Gasteiger partial charge in [-0.2, -0.15) is 0 Å². The van der Waals surface area contributed by atoms with Gasteiger partial charge in [0.2, 0.25) is 0 Å². The second-order valence-corrected chi connectivity index (χ2v) is 4.51. The molecular weight excluding hydrogens is 208 g/mol. The molecule has 1 fully saturated rings. The number of rotatable bonds is 3. The minimum Gasteiger partial charge on any atom is -0.469 e. The molecule has 0 radical (unpaired) electrons. The highest BCUT2D eigenvalue weighted by atomic mass is 79.9. The molecule has 0 spiro atoms. The van der Waals surface area contributed by atoms with Crippen LogP contribution < -0.4 is 0 Å². The number of hydrogen-bond donors (Lipinski definition) is 0. The third kappa shape index (κ3) is 2.19. The molecule has 0 aromatic rings. The first-order valence-corrected chi connectivity index (χ1v) is 4.80. The predicted octanol–water partition coefficient (Wildman–Crippen LogP) is 1.97. The monoisotopic (exact) mass is 220 g/mol. The average Bonchev–Trinajstić information content (AvgIpc) is 2.71. The van der Waals surface area contributed by atoms with Crippen molar-refractivity contribution in [2.24, 2.45) is 11.8 Å². The first-order valence-electron chi connectivity index (χ1n) is 3.88. The third-order valence-electron chi connectivity index (χ3n) is 2.10. The molecule has 0 bridgehead atoms. The van der Waals surface area contributed by atoms with Gasteiger partial charge in [0.1, 0.15) is 0 Å². The van der Waals surface area contributed by atoms with E-state index in [2.05, 4.69) is 15.9 Å². The number of halogens is 1. The van der Waals surface area contributed by atoms with E-state index in [0.29, 0.717) is 5.92 Å². The quantitative estimate of drug-likeness (QED) is 0.538. The van der Waals surface area contributed by atoms with Gasteiger partial charge in [0.25, 0.3) is 0 Å². The van der Waals surface area contributed by atoms with E-state index in [1.807, 2.05) is 6.92 Å². The van der Waals surface area contributed by atoms with Gasteiger partial charge in [-0.1, -0.05) is 22.9 Å². The van der Waals surface area contributed by atoms with E-state index in [1.165, 1.54) is 20.0 Å². The zero-order chi connectivity index (χ0) is 8.43. The number of ether oxygens (including phenoxy) is 1. The Balaban J connectivity index is 2.51. The molecule has 64 valence electrons. The Kier molecular flexibility index (Phi) is 2.93. The van der Waals surface area contributed by atoms with Crippen molar-refractivity contribution in [3.8, 4) is 0 Å². The lowest BCUT2D eigenvalue weighted by atomic mass is 10.0. The predicted molar refractivity (Wildman–Crippen MR) is 46.6 cm³/mol. The van der Waals surface area contributed by atoms with Gasteiger partial charge in [-0.05, 0) is 18.8 Å². The Morgan fingerprint density at radius 2 is 2.18 bits per heavy atom.